The molecule has 4 nitrogen and oxygen atoms in total. The van der Waals surface area contributed by atoms with Gasteiger partial charge in [-0.3, -0.25) is 0 Å². The third-order valence-corrected chi connectivity index (χ3v) is 5.43. The van der Waals surface area contributed by atoms with Crippen molar-refractivity contribution in [2.45, 2.75) is 71.6 Å². The van der Waals surface area contributed by atoms with E-state index in [4.69, 9.17) is 18.5 Å². The largest absolute Gasteiger partial charge is 0.531 e. The normalized spacial score (nSPS) is 31.8. The predicted octanol–water partition coefficient (Wildman–Crippen LogP) is 3.39. The maximum atomic E-state index is 6.17. The molecule has 1 saturated heterocycles. The van der Waals surface area contributed by atoms with Crippen molar-refractivity contribution in [1.29, 1.82) is 0 Å². The van der Waals surface area contributed by atoms with Gasteiger partial charge in [0.1, 0.15) is 12.3 Å². The number of hydrogen-bond donors (Lipinski definition) is 0. The third kappa shape index (κ3) is 3.73. The van der Waals surface area contributed by atoms with Crippen molar-refractivity contribution in [2.24, 2.45) is 5.92 Å². The predicted molar refractivity (Wildman–Crippen MR) is 87.5 cm³/mol. The van der Waals surface area contributed by atoms with Gasteiger partial charge in [-0.05, 0) is 53.4 Å². The van der Waals surface area contributed by atoms with Crippen LogP contribution in [0.4, 0.5) is 0 Å². The van der Waals surface area contributed by atoms with Gasteiger partial charge in [0.25, 0.3) is 0 Å². The molecule has 2 rings (SSSR count). The average Bonchev–Trinajstić information content (AvgIpc) is 2.49. The zero-order valence-electron chi connectivity index (χ0n) is 14.6. The second-order valence-electron chi connectivity index (χ2n) is 8.10. The molecule has 0 aliphatic carbocycles. The van der Waals surface area contributed by atoms with Crippen LogP contribution >= 0.6 is 0 Å². The Labute approximate surface area is 130 Å². The summed E-state index contributed by atoms with van der Waals surface area (Å²) in [7, 11) is -1.97. The summed E-state index contributed by atoms with van der Waals surface area (Å²) in [5, 5.41) is 0. The lowest BCUT2D eigenvalue weighted by atomic mass is 9.82. The smallest absolute Gasteiger partial charge is 0.499 e. The Morgan fingerprint density at radius 1 is 1.14 bits per heavy atom. The Morgan fingerprint density at radius 2 is 1.67 bits per heavy atom. The van der Waals surface area contributed by atoms with Crippen molar-refractivity contribution < 1.29 is 18.5 Å². The van der Waals surface area contributed by atoms with Crippen molar-refractivity contribution in [3.8, 4) is 0 Å². The standard InChI is InChI=1S/C15H29BO4Si/c1-11-9-13(17-10-12(11)18-21(6,7)8)16-19-14(2,3)15(4,5)20-16/h9,11-12H,10H2,1-8H3/t11-,12-/m1/s1. The third-order valence-electron chi connectivity index (χ3n) is 4.42. The van der Waals surface area contributed by atoms with Crippen LogP contribution in [0.5, 0.6) is 0 Å². The molecule has 21 heavy (non-hydrogen) atoms. The molecule has 0 unspecified atom stereocenters. The van der Waals surface area contributed by atoms with Gasteiger partial charge < -0.3 is 18.5 Å². The maximum absolute atomic E-state index is 6.17. The minimum Gasteiger partial charge on any atom is -0.499 e. The minimum atomic E-state index is -1.56. The van der Waals surface area contributed by atoms with Gasteiger partial charge >= 0.3 is 7.12 Å². The first-order valence-electron chi connectivity index (χ1n) is 7.79. The molecule has 0 radical (unpaired) electrons. The second kappa shape index (κ2) is 5.41. The fourth-order valence-electron chi connectivity index (χ4n) is 2.45. The molecule has 0 aromatic carbocycles. The van der Waals surface area contributed by atoms with Crippen molar-refractivity contribution in [3.63, 3.8) is 0 Å². The van der Waals surface area contributed by atoms with Gasteiger partial charge in [-0.15, -0.1) is 0 Å². The Balaban J connectivity index is 2.06. The molecule has 2 heterocycles. The zero-order chi connectivity index (χ0) is 16.1. The Hall–Kier alpha value is -0.298. The van der Waals surface area contributed by atoms with E-state index in [2.05, 4.69) is 60.3 Å². The fourth-order valence-corrected chi connectivity index (χ4v) is 3.64. The Kier molecular flexibility index (Phi) is 4.39. The second-order valence-corrected chi connectivity index (χ2v) is 12.6. The van der Waals surface area contributed by atoms with Gasteiger partial charge in [-0.25, -0.2) is 0 Å². The highest BCUT2D eigenvalue weighted by molar-refractivity contribution is 6.69. The topological polar surface area (TPSA) is 36.9 Å². The summed E-state index contributed by atoms with van der Waals surface area (Å²) in [5.41, 5.74) is 0.115. The summed E-state index contributed by atoms with van der Waals surface area (Å²) in [6.45, 7) is 17.6. The Morgan fingerprint density at radius 3 is 2.10 bits per heavy atom. The van der Waals surface area contributed by atoms with Gasteiger partial charge in [0.2, 0.25) is 0 Å². The van der Waals surface area contributed by atoms with Gasteiger partial charge in [-0.2, -0.15) is 0 Å². The summed E-state index contributed by atoms with van der Waals surface area (Å²) in [6, 6.07) is 0. The van der Waals surface area contributed by atoms with Crippen LogP contribution < -0.4 is 0 Å². The van der Waals surface area contributed by atoms with E-state index in [0.717, 1.165) is 5.66 Å². The van der Waals surface area contributed by atoms with Crippen LogP contribution in [0.25, 0.3) is 0 Å². The molecule has 6 heteroatoms. The van der Waals surface area contributed by atoms with Gasteiger partial charge in [0.05, 0.1) is 17.3 Å². The zero-order valence-corrected chi connectivity index (χ0v) is 15.6. The van der Waals surface area contributed by atoms with Crippen molar-refractivity contribution in [3.05, 3.63) is 11.7 Å². The summed E-state index contributed by atoms with van der Waals surface area (Å²) in [6.07, 6.45) is 2.22. The highest BCUT2D eigenvalue weighted by Crippen LogP contribution is 2.39. The molecular weight excluding hydrogens is 283 g/mol. The van der Waals surface area contributed by atoms with E-state index in [0.29, 0.717) is 12.5 Å². The molecule has 0 aromatic rings. The van der Waals surface area contributed by atoms with E-state index >= 15 is 0 Å². The lowest BCUT2D eigenvalue weighted by molar-refractivity contribution is 0.00578. The van der Waals surface area contributed by atoms with Crippen LogP contribution in [-0.2, 0) is 18.5 Å². The minimum absolute atomic E-state index is 0.128. The van der Waals surface area contributed by atoms with Crippen molar-refractivity contribution >= 4 is 15.4 Å². The molecule has 1 fully saturated rings. The van der Waals surface area contributed by atoms with Crippen LogP contribution in [0.1, 0.15) is 34.6 Å². The van der Waals surface area contributed by atoms with Gasteiger partial charge in [-0.1, -0.05) is 6.92 Å². The molecule has 0 aromatic heterocycles. The van der Waals surface area contributed by atoms with Gasteiger partial charge in [0.15, 0.2) is 8.32 Å². The fraction of sp³-hybridized carbons (Fsp3) is 0.867. The molecule has 120 valence electrons. The van der Waals surface area contributed by atoms with E-state index in [-0.39, 0.29) is 17.3 Å². The van der Waals surface area contributed by atoms with E-state index < -0.39 is 15.4 Å². The number of ether oxygens (including phenoxy) is 1. The van der Waals surface area contributed by atoms with Crippen LogP contribution in [0, 0.1) is 5.92 Å². The average molecular weight is 312 g/mol. The molecule has 0 spiro atoms. The quantitative estimate of drug-likeness (QED) is 0.749. The highest BCUT2D eigenvalue weighted by Gasteiger charge is 2.54. The van der Waals surface area contributed by atoms with Crippen LogP contribution in [-0.4, -0.2) is 39.3 Å². The molecule has 0 N–H and O–H groups in total. The van der Waals surface area contributed by atoms with Crippen LogP contribution in [0.15, 0.2) is 11.7 Å². The Bertz CT molecular complexity index is 412. The van der Waals surface area contributed by atoms with E-state index in [1.54, 1.807) is 0 Å². The lowest BCUT2D eigenvalue weighted by Crippen LogP contribution is -2.41. The first-order chi connectivity index (χ1) is 9.41. The first kappa shape index (κ1) is 17.1. The summed E-state index contributed by atoms with van der Waals surface area (Å²) in [4.78, 5) is 0. The maximum Gasteiger partial charge on any atom is 0.531 e. The molecule has 2 aliphatic rings. The molecular formula is C15H29BO4Si. The first-order valence-corrected chi connectivity index (χ1v) is 11.2. The molecule has 2 aliphatic heterocycles. The SMILES string of the molecule is C[C@@H]1C=C(B2OC(C)(C)C(C)(C)O2)OC[C@H]1O[Si](C)(C)C. The molecule has 2 atom stereocenters. The van der Waals surface area contributed by atoms with Crippen molar-refractivity contribution in [2.75, 3.05) is 6.61 Å². The van der Waals surface area contributed by atoms with Crippen LogP contribution in [0.3, 0.4) is 0 Å². The van der Waals surface area contributed by atoms with E-state index in [1.807, 2.05) is 0 Å². The molecule has 0 amide bonds. The van der Waals surface area contributed by atoms with Crippen LogP contribution in [0.2, 0.25) is 19.6 Å². The number of rotatable bonds is 3. The summed E-state index contributed by atoms with van der Waals surface area (Å²) >= 11 is 0. The lowest BCUT2D eigenvalue weighted by Gasteiger charge is -2.33. The number of hydrogen-bond acceptors (Lipinski definition) is 4. The van der Waals surface area contributed by atoms with E-state index in [1.165, 1.54) is 0 Å². The monoisotopic (exact) mass is 312 g/mol. The van der Waals surface area contributed by atoms with E-state index in [9.17, 15) is 0 Å². The molecule has 0 saturated carbocycles. The van der Waals surface area contributed by atoms with Crippen molar-refractivity contribution in [1.82, 2.24) is 0 Å². The summed E-state index contributed by atoms with van der Waals surface area (Å²) in [5.74, 6) is 0.305. The summed E-state index contributed by atoms with van der Waals surface area (Å²) < 4.78 is 24.1. The highest BCUT2D eigenvalue weighted by atomic mass is 28.4. The molecule has 0 bridgehead atoms. The van der Waals surface area contributed by atoms with Gasteiger partial charge in [0, 0.05) is 5.92 Å².